The number of aliphatic hydroxyl groups excluding tert-OH is 3. The van der Waals surface area contributed by atoms with Crippen molar-refractivity contribution in [1.82, 2.24) is 0 Å². The van der Waals surface area contributed by atoms with Crippen molar-refractivity contribution < 1.29 is 57.4 Å². The highest BCUT2D eigenvalue weighted by Crippen LogP contribution is 2.43. The molecule has 0 saturated heterocycles. The molecule has 0 aliphatic heterocycles. The second-order valence-electron chi connectivity index (χ2n) is 17.0. The summed E-state index contributed by atoms with van der Waals surface area (Å²) in [6.07, 6.45) is 36.3. The van der Waals surface area contributed by atoms with Crippen LogP contribution in [-0.4, -0.2) is 109 Å². The highest BCUT2D eigenvalue weighted by molar-refractivity contribution is 7.47. The number of phosphoric ester groups is 1. The average Bonchev–Trinajstić information content (AvgIpc) is 3.47. The lowest BCUT2D eigenvalue weighted by Crippen LogP contribution is -2.37. The third-order valence-electron chi connectivity index (χ3n) is 10.3. The molecule has 12 nitrogen and oxygen atoms in total. The topological polar surface area (TPSA) is 169 Å². The van der Waals surface area contributed by atoms with E-state index in [0.29, 0.717) is 49.6 Å². The van der Waals surface area contributed by atoms with Crippen molar-refractivity contribution in [1.29, 1.82) is 0 Å². The summed E-state index contributed by atoms with van der Waals surface area (Å²) in [7, 11) is 1.29. The van der Waals surface area contributed by atoms with Crippen molar-refractivity contribution in [3.8, 4) is 0 Å². The Kier molecular flexibility index (Phi) is 32.1. The molecule has 1 rings (SSSR count). The molecule has 0 radical (unpaired) electrons. The molecule has 0 bridgehead atoms. The zero-order chi connectivity index (χ0) is 45.2. The second-order valence-corrected chi connectivity index (χ2v) is 18.5. The Morgan fingerprint density at radius 1 is 0.721 bits per heavy atom. The Morgan fingerprint density at radius 2 is 1.28 bits per heavy atom. The molecular formula is C48H83NO11P+. The number of hydrogen-bond donors (Lipinski definition) is 4. The summed E-state index contributed by atoms with van der Waals surface area (Å²) in [5.74, 6) is -1.49. The summed E-state index contributed by atoms with van der Waals surface area (Å²) in [5.41, 5.74) is 0. The minimum absolute atomic E-state index is 0.0242. The molecule has 350 valence electrons. The van der Waals surface area contributed by atoms with Gasteiger partial charge in [0.25, 0.3) is 0 Å². The van der Waals surface area contributed by atoms with Crippen molar-refractivity contribution in [2.75, 3.05) is 47.5 Å². The van der Waals surface area contributed by atoms with Crippen LogP contribution in [-0.2, 0) is 32.7 Å². The highest BCUT2D eigenvalue weighted by Gasteiger charge is 2.39. The van der Waals surface area contributed by atoms with Crippen LogP contribution in [0.3, 0.4) is 0 Å². The zero-order valence-corrected chi connectivity index (χ0v) is 39.1. The first kappa shape index (κ1) is 56.3. The first-order valence-corrected chi connectivity index (χ1v) is 24.4. The molecule has 0 aromatic heterocycles. The molecule has 1 unspecified atom stereocenters. The fourth-order valence-corrected chi connectivity index (χ4v) is 7.33. The number of unbranched alkanes of at least 4 members (excludes halogenated alkanes) is 7. The van der Waals surface area contributed by atoms with Gasteiger partial charge in [-0.15, -0.1) is 0 Å². The number of allylic oxidation sites excluding steroid dienone is 10. The molecule has 61 heavy (non-hydrogen) atoms. The predicted octanol–water partition coefficient (Wildman–Crippen LogP) is 9.40. The number of rotatable bonds is 36. The van der Waals surface area contributed by atoms with E-state index in [-0.39, 0.29) is 44.3 Å². The van der Waals surface area contributed by atoms with Crippen LogP contribution in [0.5, 0.6) is 0 Å². The monoisotopic (exact) mass is 881 g/mol. The van der Waals surface area contributed by atoms with Gasteiger partial charge in [-0.1, -0.05) is 119 Å². The molecule has 0 aromatic rings. The number of carbonyl (C=O) groups is 2. The number of likely N-dealkylation sites (N-methyl/N-ethyl adjacent to an activating group) is 1. The SMILES string of the molecule is CCCCC/C=C\C/C=C\C/C=C\C/C=C\CCCC(=O)OC[C@H](COP(=O)(O)OCC[N+](C)(C)C)OC(=O)CCC/C=C/C[C@@H]1[C@@H](/C=C/[C@@H](O)CCCCC)[C@H](O)C[C@@H]1O. The molecule has 1 aliphatic carbocycles. The second kappa shape index (κ2) is 34.8. The van der Waals surface area contributed by atoms with E-state index in [1.165, 1.54) is 19.3 Å². The van der Waals surface area contributed by atoms with Crippen molar-refractivity contribution in [3.05, 3.63) is 72.9 Å². The van der Waals surface area contributed by atoms with Crippen LogP contribution in [0.2, 0.25) is 0 Å². The summed E-state index contributed by atoms with van der Waals surface area (Å²) in [6, 6.07) is 0. The van der Waals surface area contributed by atoms with E-state index in [2.05, 4.69) is 56.4 Å². The number of phosphoric acid groups is 1. The third kappa shape index (κ3) is 31.8. The minimum Gasteiger partial charge on any atom is -0.462 e. The fourth-order valence-electron chi connectivity index (χ4n) is 6.59. The van der Waals surface area contributed by atoms with Gasteiger partial charge in [0.2, 0.25) is 0 Å². The normalized spacial score (nSPS) is 20.9. The summed E-state index contributed by atoms with van der Waals surface area (Å²) in [5, 5.41) is 31.4. The van der Waals surface area contributed by atoms with Gasteiger partial charge in [0.1, 0.15) is 19.8 Å². The number of ether oxygens (including phenoxy) is 2. The smallest absolute Gasteiger partial charge is 0.462 e. The van der Waals surface area contributed by atoms with Crippen LogP contribution in [0.25, 0.3) is 0 Å². The van der Waals surface area contributed by atoms with Gasteiger partial charge in [-0.2, -0.15) is 0 Å². The average molecular weight is 881 g/mol. The van der Waals surface area contributed by atoms with Gasteiger partial charge in [0, 0.05) is 25.2 Å². The standard InChI is InChI=1S/C48H82NO11P/c1-6-8-10-11-12-13-14-15-16-17-18-19-20-21-22-23-28-32-47(53)57-39-42(40-59-61(55,56)58-37-36-49(3,4)5)60-48(54)33-29-25-24-27-31-43-44(46(52)38-45(43)51)35-34-41(50)30-26-9-7-2/h12-13,15-16,18-19,21-22,24,27,34-35,41-46,50-52H,6-11,14,17,20,23,25-26,28-33,36-40H2,1-5H3/p+1/b13-12-,16-15-,19-18-,22-21-,27-24+,35-34+/t41-,42+,43+,44+,45-,46+/m0/s1. The maximum atomic E-state index is 12.8. The van der Waals surface area contributed by atoms with E-state index in [1.807, 2.05) is 45.4 Å². The number of nitrogens with zero attached hydrogens (tertiary/aromatic N) is 1. The van der Waals surface area contributed by atoms with Crippen LogP contribution in [0.1, 0.15) is 136 Å². The first-order chi connectivity index (χ1) is 29.2. The predicted molar refractivity (Wildman–Crippen MR) is 244 cm³/mol. The van der Waals surface area contributed by atoms with E-state index in [0.717, 1.165) is 44.9 Å². The summed E-state index contributed by atoms with van der Waals surface area (Å²) < 4.78 is 34.2. The Morgan fingerprint density at radius 3 is 1.89 bits per heavy atom. The van der Waals surface area contributed by atoms with E-state index < -0.39 is 50.8 Å². The molecule has 13 heteroatoms. The Labute approximate surface area is 368 Å². The molecule has 0 amide bonds. The summed E-state index contributed by atoms with van der Waals surface area (Å²) in [4.78, 5) is 35.6. The van der Waals surface area contributed by atoms with Crippen LogP contribution in [0.4, 0.5) is 0 Å². The van der Waals surface area contributed by atoms with Gasteiger partial charge < -0.3 is 34.2 Å². The number of hydrogen-bond acceptors (Lipinski definition) is 10. The van der Waals surface area contributed by atoms with Crippen molar-refractivity contribution in [3.63, 3.8) is 0 Å². The minimum atomic E-state index is -4.46. The third-order valence-corrected chi connectivity index (χ3v) is 11.3. The van der Waals surface area contributed by atoms with Crippen molar-refractivity contribution in [2.24, 2.45) is 11.8 Å². The van der Waals surface area contributed by atoms with E-state index in [1.54, 1.807) is 6.08 Å². The molecule has 4 N–H and O–H groups in total. The quantitative estimate of drug-likeness (QED) is 0.0156. The van der Waals surface area contributed by atoms with Gasteiger partial charge in [-0.3, -0.25) is 18.6 Å². The molecule has 0 aromatic carbocycles. The maximum absolute atomic E-state index is 12.8. The Bertz CT molecular complexity index is 1390. The van der Waals surface area contributed by atoms with Gasteiger partial charge >= 0.3 is 19.8 Å². The Balaban J connectivity index is 2.55. The van der Waals surface area contributed by atoms with E-state index in [4.69, 9.17) is 18.5 Å². The Hall–Kier alpha value is -2.67. The van der Waals surface area contributed by atoms with Crippen LogP contribution >= 0.6 is 7.82 Å². The lowest BCUT2D eigenvalue weighted by molar-refractivity contribution is -0.870. The number of quaternary nitrogens is 1. The van der Waals surface area contributed by atoms with Crippen LogP contribution in [0, 0.1) is 11.8 Å². The number of carbonyl (C=O) groups excluding carboxylic acids is 2. The van der Waals surface area contributed by atoms with E-state index in [9.17, 15) is 34.4 Å². The molecule has 0 heterocycles. The summed E-state index contributed by atoms with van der Waals surface area (Å²) >= 11 is 0. The molecule has 1 saturated carbocycles. The molecule has 1 aliphatic rings. The van der Waals surface area contributed by atoms with Crippen LogP contribution < -0.4 is 0 Å². The van der Waals surface area contributed by atoms with Gasteiger partial charge in [0.15, 0.2) is 6.10 Å². The maximum Gasteiger partial charge on any atom is 0.472 e. The largest absolute Gasteiger partial charge is 0.472 e. The number of aliphatic hydroxyl groups is 3. The molecular weight excluding hydrogens is 797 g/mol. The van der Waals surface area contributed by atoms with Gasteiger partial charge in [-0.05, 0) is 76.5 Å². The zero-order valence-electron chi connectivity index (χ0n) is 38.2. The summed E-state index contributed by atoms with van der Waals surface area (Å²) in [6.45, 7) is 3.92. The molecule has 1 fully saturated rings. The van der Waals surface area contributed by atoms with Gasteiger partial charge in [0.05, 0.1) is 46.1 Å². The molecule has 0 spiro atoms. The van der Waals surface area contributed by atoms with E-state index >= 15 is 0 Å². The van der Waals surface area contributed by atoms with Crippen LogP contribution in [0.15, 0.2) is 72.9 Å². The van der Waals surface area contributed by atoms with Crippen molar-refractivity contribution >= 4 is 19.8 Å². The van der Waals surface area contributed by atoms with Gasteiger partial charge in [-0.25, -0.2) is 4.57 Å². The first-order valence-electron chi connectivity index (χ1n) is 22.9. The number of esters is 2. The fraction of sp³-hybridized carbons (Fsp3) is 0.708. The lowest BCUT2D eigenvalue weighted by atomic mass is 9.89. The molecule has 7 atom stereocenters. The van der Waals surface area contributed by atoms with Crippen molar-refractivity contribution in [2.45, 2.75) is 160 Å². The highest BCUT2D eigenvalue weighted by atomic mass is 31.2. The lowest BCUT2D eigenvalue weighted by Gasteiger charge is -2.24.